The van der Waals surface area contributed by atoms with Crippen molar-refractivity contribution in [3.05, 3.63) is 78.3 Å². The third-order valence-corrected chi connectivity index (χ3v) is 5.20. The minimum Gasteiger partial charge on any atom is -0.352 e. The number of imidazole rings is 1. The summed E-state index contributed by atoms with van der Waals surface area (Å²) in [7, 11) is 1.75. The molecule has 1 aromatic carbocycles. The van der Waals surface area contributed by atoms with Crippen LogP contribution in [-0.2, 0) is 13.1 Å². The van der Waals surface area contributed by atoms with E-state index >= 15 is 0 Å². The van der Waals surface area contributed by atoms with Gasteiger partial charge in [0, 0.05) is 51.3 Å². The maximum atomic E-state index is 14.0. The van der Waals surface area contributed by atoms with Crippen LogP contribution in [0.5, 0.6) is 0 Å². The van der Waals surface area contributed by atoms with E-state index in [2.05, 4.69) is 42.3 Å². The molecule has 0 bridgehead atoms. The first-order valence-corrected chi connectivity index (χ1v) is 10.1. The highest BCUT2D eigenvalue weighted by molar-refractivity contribution is 5.80. The van der Waals surface area contributed by atoms with Gasteiger partial charge >= 0.3 is 0 Å². The first-order valence-electron chi connectivity index (χ1n) is 10.1. The van der Waals surface area contributed by atoms with E-state index in [0.717, 1.165) is 25.3 Å². The van der Waals surface area contributed by atoms with Crippen LogP contribution in [0, 0.1) is 5.82 Å². The molecule has 3 heterocycles. The zero-order valence-electron chi connectivity index (χ0n) is 17.0. The van der Waals surface area contributed by atoms with Crippen molar-refractivity contribution in [2.75, 3.05) is 25.0 Å². The van der Waals surface area contributed by atoms with Gasteiger partial charge in [0.25, 0.3) is 0 Å². The number of nitrogens with zero attached hydrogens (tertiary/aromatic N) is 5. The summed E-state index contributed by atoms with van der Waals surface area (Å²) in [4.78, 5) is 14.9. The van der Waals surface area contributed by atoms with Gasteiger partial charge in [-0.05, 0) is 24.1 Å². The van der Waals surface area contributed by atoms with Gasteiger partial charge in [-0.1, -0.05) is 30.3 Å². The van der Waals surface area contributed by atoms with Crippen LogP contribution in [0.25, 0.3) is 0 Å². The summed E-state index contributed by atoms with van der Waals surface area (Å²) < 4.78 is 16.1. The summed E-state index contributed by atoms with van der Waals surface area (Å²) in [6.07, 6.45) is 6.30. The van der Waals surface area contributed by atoms with Crippen molar-refractivity contribution >= 4 is 11.8 Å². The summed E-state index contributed by atoms with van der Waals surface area (Å²) in [5, 5.41) is 6.76. The van der Waals surface area contributed by atoms with Gasteiger partial charge in [0.1, 0.15) is 5.82 Å². The zero-order chi connectivity index (χ0) is 20.8. The van der Waals surface area contributed by atoms with E-state index in [1.54, 1.807) is 19.3 Å². The average Bonchev–Trinajstić information content (AvgIpc) is 3.41. The van der Waals surface area contributed by atoms with E-state index in [4.69, 9.17) is 0 Å². The Balaban J connectivity index is 1.31. The van der Waals surface area contributed by atoms with Gasteiger partial charge in [0.15, 0.2) is 17.6 Å². The van der Waals surface area contributed by atoms with Gasteiger partial charge in [0.2, 0.25) is 0 Å². The molecular weight excluding hydrogens is 381 g/mol. The molecule has 2 N–H and O–H groups in total. The third kappa shape index (κ3) is 4.76. The molecule has 1 saturated heterocycles. The second-order valence-electron chi connectivity index (χ2n) is 7.27. The molecule has 1 unspecified atom stereocenters. The minimum absolute atomic E-state index is 0.168. The Hall–Kier alpha value is -3.42. The van der Waals surface area contributed by atoms with Crippen molar-refractivity contribution < 1.29 is 4.39 Å². The first-order chi connectivity index (χ1) is 14.7. The zero-order valence-corrected chi connectivity index (χ0v) is 17.0. The number of guanidine groups is 1. The maximum absolute atomic E-state index is 14.0. The van der Waals surface area contributed by atoms with E-state index in [0.29, 0.717) is 24.9 Å². The van der Waals surface area contributed by atoms with Crippen molar-refractivity contribution in [3.63, 3.8) is 0 Å². The van der Waals surface area contributed by atoms with Gasteiger partial charge in [-0.2, -0.15) is 0 Å². The number of nitrogens with one attached hydrogen (secondary N) is 2. The quantitative estimate of drug-likeness (QED) is 0.485. The van der Waals surface area contributed by atoms with Crippen molar-refractivity contribution in [2.24, 2.45) is 4.99 Å². The number of pyridine rings is 1. The summed E-state index contributed by atoms with van der Waals surface area (Å²) in [5.74, 6) is 1.77. The molecule has 0 saturated carbocycles. The molecule has 0 spiro atoms. The molecule has 7 nitrogen and oxygen atoms in total. The molecule has 1 aliphatic heterocycles. The molecule has 1 aliphatic rings. The Labute approximate surface area is 175 Å². The Morgan fingerprint density at radius 2 is 2.03 bits per heavy atom. The van der Waals surface area contributed by atoms with Gasteiger partial charge in [-0.3, -0.25) is 4.99 Å². The highest BCUT2D eigenvalue weighted by Gasteiger charge is 2.26. The van der Waals surface area contributed by atoms with Gasteiger partial charge in [-0.15, -0.1) is 0 Å². The number of rotatable bonds is 6. The van der Waals surface area contributed by atoms with Crippen LogP contribution < -0.4 is 15.5 Å². The van der Waals surface area contributed by atoms with Gasteiger partial charge < -0.3 is 20.1 Å². The molecule has 1 atom stereocenters. The molecule has 0 radical (unpaired) electrons. The van der Waals surface area contributed by atoms with Gasteiger partial charge in [-0.25, -0.2) is 14.4 Å². The number of aliphatic imine (C=N–C) groups is 1. The summed E-state index contributed by atoms with van der Waals surface area (Å²) in [6.45, 7) is 2.77. The number of hydrogen-bond acceptors (Lipinski definition) is 4. The third-order valence-electron chi connectivity index (χ3n) is 5.20. The maximum Gasteiger partial charge on any atom is 0.191 e. The lowest BCUT2D eigenvalue weighted by molar-refractivity contribution is 0.611. The summed E-state index contributed by atoms with van der Waals surface area (Å²) in [5.41, 5.74) is 1.23. The Bertz CT molecular complexity index is 986. The van der Waals surface area contributed by atoms with Gasteiger partial charge in [0.05, 0.1) is 6.54 Å². The highest BCUT2D eigenvalue weighted by atomic mass is 19.1. The molecule has 2 aromatic heterocycles. The number of hydrogen-bond donors (Lipinski definition) is 2. The average molecular weight is 407 g/mol. The van der Waals surface area contributed by atoms with Crippen LogP contribution in [-0.4, -0.2) is 46.7 Å². The molecule has 0 amide bonds. The predicted molar refractivity (Wildman–Crippen MR) is 116 cm³/mol. The van der Waals surface area contributed by atoms with Crippen LogP contribution in [0.2, 0.25) is 0 Å². The fourth-order valence-corrected chi connectivity index (χ4v) is 3.66. The van der Waals surface area contributed by atoms with E-state index < -0.39 is 0 Å². The molecule has 3 aromatic rings. The fraction of sp³-hybridized carbons (Fsp3) is 0.318. The van der Waals surface area contributed by atoms with Crippen molar-refractivity contribution in [3.8, 4) is 0 Å². The molecule has 4 rings (SSSR count). The lowest BCUT2D eigenvalue weighted by Gasteiger charge is -2.20. The normalized spacial score (nSPS) is 16.7. The van der Waals surface area contributed by atoms with Crippen molar-refractivity contribution in [1.82, 2.24) is 25.2 Å². The number of benzene rings is 1. The monoisotopic (exact) mass is 407 g/mol. The summed E-state index contributed by atoms with van der Waals surface area (Å²) in [6, 6.07) is 13.5. The fourth-order valence-electron chi connectivity index (χ4n) is 3.66. The van der Waals surface area contributed by atoms with E-state index in [9.17, 15) is 4.39 Å². The Kier molecular flexibility index (Phi) is 6.22. The molecular formula is C22H26FN7. The topological polar surface area (TPSA) is 70.4 Å². The molecule has 30 heavy (non-hydrogen) atoms. The van der Waals surface area contributed by atoms with Crippen LogP contribution >= 0.6 is 0 Å². The second-order valence-corrected chi connectivity index (χ2v) is 7.27. The minimum atomic E-state index is -0.286. The van der Waals surface area contributed by atoms with E-state index in [1.165, 1.54) is 11.6 Å². The highest BCUT2D eigenvalue weighted by Crippen LogP contribution is 2.20. The lowest BCUT2D eigenvalue weighted by Crippen LogP contribution is -2.44. The van der Waals surface area contributed by atoms with Crippen molar-refractivity contribution in [1.29, 1.82) is 0 Å². The second kappa shape index (κ2) is 9.39. The number of anilines is 1. The predicted octanol–water partition coefficient (Wildman–Crippen LogP) is 2.41. The van der Waals surface area contributed by atoms with Crippen LogP contribution in [0.15, 0.2) is 66.0 Å². The van der Waals surface area contributed by atoms with Crippen LogP contribution in [0.4, 0.5) is 10.2 Å². The first kappa shape index (κ1) is 19.9. The molecule has 8 heteroatoms. The van der Waals surface area contributed by atoms with E-state index in [-0.39, 0.29) is 11.9 Å². The standard InChI is InChI=1S/C22H26FN7/c1-24-22(28-18-9-12-30(16-18)21-19(23)8-5-10-26-21)27-14-20-25-11-13-29(20)15-17-6-3-2-4-7-17/h2-8,10-11,13,18H,9,12,14-16H2,1H3,(H2,24,27,28). The smallest absolute Gasteiger partial charge is 0.191 e. The summed E-state index contributed by atoms with van der Waals surface area (Å²) >= 11 is 0. The van der Waals surface area contributed by atoms with E-state index in [1.807, 2.05) is 35.5 Å². The molecule has 1 fully saturated rings. The SMILES string of the molecule is CN=C(NCc1nccn1Cc1ccccc1)NC1CCN(c2ncccc2F)C1. The Morgan fingerprint density at radius 1 is 1.17 bits per heavy atom. The van der Waals surface area contributed by atoms with Crippen molar-refractivity contribution in [2.45, 2.75) is 25.6 Å². The number of aromatic nitrogens is 3. The van der Waals surface area contributed by atoms with Crippen LogP contribution in [0.3, 0.4) is 0 Å². The lowest BCUT2D eigenvalue weighted by atomic mass is 10.2. The molecule has 156 valence electrons. The van der Waals surface area contributed by atoms with Crippen LogP contribution in [0.1, 0.15) is 17.8 Å². The number of halogens is 1. The Morgan fingerprint density at radius 3 is 2.83 bits per heavy atom. The molecule has 0 aliphatic carbocycles. The largest absolute Gasteiger partial charge is 0.352 e.